The summed E-state index contributed by atoms with van der Waals surface area (Å²) in [6, 6.07) is 12.0. The van der Waals surface area contributed by atoms with Gasteiger partial charge in [-0.1, -0.05) is 12.1 Å². The van der Waals surface area contributed by atoms with Gasteiger partial charge in [-0.3, -0.25) is 0 Å². The van der Waals surface area contributed by atoms with Gasteiger partial charge in [-0.25, -0.2) is 4.79 Å². The van der Waals surface area contributed by atoms with Gasteiger partial charge in [-0.05, 0) is 48.4 Å². The molecule has 0 aliphatic carbocycles. The van der Waals surface area contributed by atoms with Crippen molar-refractivity contribution in [2.75, 3.05) is 5.32 Å². The van der Waals surface area contributed by atoms with E-state index < -0.39 is 5.97 Å². The topological polar surface area (TPSA) is 69.6 Å². The highest BCUT2D eigenvalue weighted by atomic mass is 16.4. The third-order valence-electron chi connectivity index (χ3n) is 2.89. The number of carboxylic acids is 1. The van der Waals surface area contributed by atoms with Crippen LogP contribution in [0.4, 0.5) is 5.69 Å². The molecule has 0 saturated heterocycles. The number of benzene rings is 2. The van der Waals surface area contributed by atoms with Crippen LogP contribution in [-0.2, 0) is 6.54 Å². The summed E-state index contributed by atoms with van der Waals surface area (Å²) >= 11 is 0. The minimum absolute atomic E-state index is 0.274. The van der Waals surface area contributed by atoms with E-state index in [1.54, 1.807) is 36.4 Å². The first-order valence-corrected chi connectivity index (χ1v) is 5.92. The van der Waals surface area contributed by atoms with Gasteiger partial charge in [-0.15, -0.1) is 0 Å². The number of phenolic OH excluding ortho intramolecular Hbond substituents is 1. The number of rotatable bonds is 4. The molecule has 98 valence electrons. The molecule has 3 N–H and O–H groups in total. The largest absolute Gasteiger partial charge is 0.508 e. The van der Waals surface area contributed by atoms with E-state index in [9.17, 15) is 9.90 Å². The van der Waals surface area contributed by atoms with Crippen LogP contribution >= 0.6 is 0 Å². The number of aromatic carboxylic acids is 1. The molecule has 4 heteroatoms. The maximum absolute atomic E-state index is 10.7. The third kappa shape index (κ3) is 3.25. The summed E-state index contributed by atoms with van der Waals surface area (Å²) < 4.78 is 0. The fourth-order valence-electron chi connectivity index (χ4n) is 1.73. The van der Waals surface area contributed by atoms with Gasteiger partial charge in [-0.2, -0.15) is 0 Å². The summed E-state index contributed by atoms with van der Waals surface area (Å²) in [7, 11) is 0. The first kappa shape index (κ1) is 13.0. The van der Waals surface area contributed by atoms with E-state index in [-0.39, 0.29) is 11.3 Å². The minimum atomic E-state index is -0.923. The number of hydrogen-bond acceptors (Lipinski definition) is 3. The molecule has 2 aromatic rings. The Morgan fingerprint density at radius 2 is 1.84 bits per heavy atom. The summed E-state index contributed by atoms with van der Waals surface area (Å²) in [5.74, 6) is -0.648. The lowest BCUT2D eigenvalue weighted by Gasteiger charge is -2.08. The Kier molecular flexibility index (Phi) is 3.71. The monoisotopic (exact) mass is 257 g/mol. The van der Waals surface area contributed by atoms with E-state index in [0.717, 1.165) is 16.8 Å². The third-order valence-corrected chi connectivity index (χ3v) is 2.89. The van der Waals surface area contributed by atoms with Crippen molar-refractivity contribution in [2.24, 2.45) is 0 Å². The molecule has 0 atom stereocenters. The average Bonchev–Trinajstić information content (AvgIpc) is 2.40. The maximum Gasteiger partial charge on any atom is 0.335 e. The standard InChI is InChI=1S/C15H15NO3/c1-10-8-13(6-7-14(10)17)16-9-11-2-4-12(5-3-11)15(18)19/h2-8,16-17H,9H2,1H3,(H,18,19). The van der Waals surface area contributed by atoms with Crippen LogP contribution in [0.25, 0.3) is 0 Å². The van der Waals surface area contributed by atoms with Gasteiger partial charge in [0.1, 0.15) is 5.75 Å². The fraction of sp³-hybridized carbons (Fsp3) is 0.133. The highest BCUT2D eigenvalue weighted by molar-refractivity contribution is 5.87. The fourth-order valence-corrected chi connectivity index (χ4v) is 1.73. The van der Waals surface area contributed by atoms with Crippen molar-refractivity contribution < 1.29 is 15.0 Å². The molecule has 0 heterocycles. The lowest BCUT2D eigenvalue weighted by atomic mass is 10.1. The molecule has 0 amide bonds. The molecule has 4 nitrogen and oxygen atoms in total. The molecular formula is C15H15NO3. The van der Waals surface area contributed by atoms with Crippen LogP contribution in [0.2, 0.25) is 0 Å². The molecule has 0 saturated carbocycles. The maximum atomic E-state index is 10.7. The van der Waals surface area contributed by atoms with Crippen molar-refractivity contribution in [3.63, 3.8) is 0 Å². The van der Waals surface area contributed by atoms with E-state index in [1.807, 2.05) is 13.0 Å². The number of nitrogens with one attached hydrogen (secondary N) is 1. The quantitative estimate of drug-likeness (QED) is 0.736. The molecule has 0 radical (unpaired) electrons. The molecule has 0 fully saturated rings. The van der Waals surface area contributed by atoms with E-state index in [1.165, 1.54) is 0 Å². The zero-order valence-corrected chi connectivity index (χ0v) is 10.6. The van der Waals surface area contributed by atoms with Gasteiger partial charge in [0.15, 0.2) is 0 Å². The van der Waals surface area contributed by atoms with Crippen molar-refractivity contribution in [3.05, 3.63) is 59.2 Å². The van der Waals surface area contributed by atoms with Crippen molar-refractivity contribution in [3.8, 4) is 5.75 Å². The van der Waals surface area contributed by atoms with Crippen molar-refractivity contribution in [2.45, 2.75) is 13.5 Å². The number of aromatic hydroxyl groups is 1. The lowest BCUT2D eigenvalue weighted by Crippen LogP contribution is -2.01. The Morgan fingerprint density at radius 1 is 1.16 bits per heavy atom. The van der Waals surface area contributed by atoms with E-state index in [2.05, 4.69) is 5.32 Å². The van der Waals surface area contributed by atoms with Crippen LogP contribution in [0.3, 0.4) is 0 Å². The lowest BCUT2D eigenvalue weighted by molar-refractivity contribution is 0.0697. The Bertz CT molecular complexity index is 591. The first-order valence-electron chi connectivity index (χ1n) is 5.92. The van der Waals surface area contributed by atoms with Crippen LogP contribution in [0.1, 0.15) is 21.5 Å². The Morgan fingerprint density at radius 3 is 2.42 bits per heavy atom. The smallest absolute Gasteiger partial charge is 0.335 e. The molecule has 0 bridgehead atoms. The second-order valence-electron chi connectivity index (χ2n) is 4.36. The second kappa shape index (κ2) is 5.44. The van der Waals surface area contributed by atoms with Gasteiger partial charge < -0.3 is 15.5 Å². The Hall–Kier alpha value is -2.49. The zero-order valence-electron chi connectivity index (χ0n) is 10.6. The van der Waals surface area contributed by atoms with Crippen LogP contribution < -0.4 is 5.32 Å². The van der Waals surface area contributed by atoms with E-state index in [4.69, 9.17) is 5.11 Å². The van der Waals surface area contributed by atoms with E-state index >= 15 is 0 Å². The Labute approximate surface area is 111 Å². The van der Waals surface area contributed by atoms with Gasteiger partial charge in [0.25, 0.3) is 0 Å². The molecule has 2 rings (SSSR count). The molecular weight excluding hydrogens is 242 g/mol. The average molecular weight is 257 g/mol. The predicted molar refractivity (Wildman–Crippen MR) is 73.6 cm³/mol. The van der Waals surface area contributed by atoms with Crippen molar-refractivity contribution in [1.82, 2.24) is 0 Å². The van der Waals surface area contributed by atoms with Gasteiger partial charge in [0.2, 0.25) is 0 Å². The van der Waals surface area contributed by atoms with Gasteiger partial charge >= 0.3 is 5.97 Å². The van der Waals surface area contributed by atoms with Gasteiger partial charge in [0.05, 0.1) is 5.56 Å². The highest BCUT2D eigenvalue weighted by Crippen LogP contribution is 2.20. The summed E-state index contributed by atoms with van der Waals surface area (Å²) in [5.41, 5.74) is 3.00. The van der Waals surface area contributed by atoms with Gasteiger partial charge in [0, 0.05) is 12.2 Å². The van der Waals surface area contributed by atoms with Crippen LogP contribution in [0, 0.1) is 6.92 Å². The molecule has 0 aliphatic rings. The summed E-state index contributed by atoms with van der Waals surface area (Å²) in [6.45, 7) is 2.44. The SMILES string of the molecule is Cc1cc(NCc2ccc(C(=O)O)cc2)ccc1O. The molecule has 0 unspecified atom stereocenters. The van der Waals surface area contributed by atoms with Crippen molar-refractivity contribution in [1.29, 1.82) is 0 Å². The molecule has 0 aromatic heterocycles. The van der Waals surface area contributed by atoms with Crippen LogP contribution in [0.15, 0.2) is 42.5 Å². The number of phenols is 1. The summed E-state index contributed by atoms with van der Waals surface area (Å²) in [4.78, 5) is 10.7. The number of anilines is 1. The first-order chi connectivity index (χ1) is 9.06. The van der Waals surface area contributed by atoms with Crippen LogP contribution in [-0.4, -0.2) is 16.2 Å². The van der Waals surface area contributed by atoms with Crippen LogP contribution in [0.5, 0.6) is 5.75 Å². The Balaban J connectivity index is 2.01. The van der Waals surface area contributed by atoms with Crippen molar-refractivity contribution >= 4 is 11.7 Å². The number of aryl methyl sites for hydroxylation is 1. The number of carbonyl (C=O) groups is 1. The number of carboxylic acid groups (broad SMARTS) is 1. The summed E-state index contributed by atoms with van der Waals surface area (Å²) in [6.07, 6.45) is 0. The molecule has 2 aromatic carbocycles. The normalized spacial score (nSPS) is 10.2. The molecule has 0 aliphatic heterocycles. The second-order valence-corrected chi connectivity index (χ2v) is 4.36. The molecule has 0 spiro atoms. The zero-order chi connectivity index (χ0) is 13.8. The predicted octanol–water partition coefficient (Wildman–Crippen LogP) is 3.01. The summed E-state index contributed by atoms with van der Waals surface area (Å²) in [5, 5.41) is 21.4. The minimum Gasteiger partial charge on any atom is -0.508 e. The number of hydrogen-bond donors (Lipinski definition) is 3. The molecule has 19 heavy (non-hydrogen) atoms. The highest BCUT2D eigenvalue weighted by Gasteiger charge is 2.02. The van der Waals surface area contributed by atoms with E-state index in [0.29, 0.717) is 6.54 Å².